The van der Waals surface area contributed by atoms with Gasteiger partial charge in [0.2, 0.25) is 11.8 Å². The summed E-state index contributed by atoms with van der Waals surface area (Å²) in [4.78, 5) is 7.82. The standard InChI is InChI=1S/C11H10BrN3O/c1-7-2-4-8(5-3-7)16-10-9(12)6-14-11(13)15-10/h2-6H,1H3,(H2,13,14,15). The summed E-state index contributed by atoms with van der Waals surface area (Å²) in [6, 6.07) is 7.68. The maximum Gasteiger partial charge on any atom is 0.238 e. The fourth-order valence-electron chi connectivity index (χ4n) is 1.15. The molecule has 2 aromatic rings. The molecule has 2 rings (SSSR count). The predicted octanol–water partition coefficient (Wildman–Crippen LogP) is 2.92. The predicted molar refractivity (Wildman–Crippen MR) is 65.4 cm³/mol. The summed E-state index contributed by atoms with van der Waals surface area (Å²) in [6.45, 7) is 2.02. The molecule has 1 heterocycles. The van der Waals surface area contributed by atoms with Crippen LogP contribution in [0.25, 0.3) is 0 Å². The van der Waals surface area contributed by atoms with Gasteiger partial charge in [0.25, 0.3) is 0 Å². The zero-order valence-electron chi connectivity index (χ0n) is 8.64. The molecule has 0 atom stereocenters. The van der Waals surface area contributed by atoms with Crippen LogP contribution in [0.2, 0.25) is 0 Å². The quantitative estimate of drug-likeness (QED) is 0.918. The number of nitrogens with two attached hydrogens (primary N) is 1. The number of benzene rings is 1. The zero-order chi connectivity index (χ0) is 11.5. The highest BCUT2D eigenvalue weighted by atomic mass is 79.9. The van der Waals surface area contributed by atoms with E-state index >= 15 is 0 Å². The van der Waals surface area contributed by atoms with E-state index in [0.717, 1.165) is 0 Å². The Morgan fingerprint density at radius 2 is 1.94 bits per heavy atom. The van der Waals surface area contributed by atoms with E-state index in [-0.39, 0.29) is 5.95 Å². The highest BCUT2D eigenvalue weighted by Gasteiger charge is 2.05. The molecule has 0 saturated heterocycles. The lowest BCUT2D eigenvalue weighted by molar-refractivity contribution is 0.459. The van der Waals surface area contributed by atoms with Crippen molar-refractivity contribution in [3.63, 3.8) is 0 Å². The smallest absolute Gasteiger partial charge is 0.238 e. The molecule has 0 aliphatic carbocycles. The van der Waals surface area contributed by atoms with Crippen molar-refractivity contribution in [1.82, 2.24) is 9.97 Å². The van der Waals surface area contributed by atoms with Crippen LogP contribution in [0, 0.1) is 6.92 Å². The number of nitrogen functional groups attached to an aromatic ring is 1. The molecule has 1 aromatic carbocycles. The number of aryl methyl sites for hydroxylation is 1. The first-order valence-electron chi connectivity index (χ1n) is 4.67. The molecule has 5 heteroatoms. The van der Waals surface area contributed by atoms with E-state index in [0.29, 0.717) is 16.1 Å². The average Bonchev–Trinajstić information content (AvgIpc) is 2.27. The van der Waals surface area contributed by atoms with Crippen LogP contribution < -0.4 is 10.5 Å². The Labute approximate surface area is 102 Å². The molecule has 0 aliphatic rings. The van der Waals surface area contributed by atoms with Gasteiger partial charge >= 0.3 is 0 Å². The Bertz CT molecular complexity index is 499. The Kier molecular flexibility index (Phi) is 3.05. The topological polar surface area (TPSA) is 61.0 Å². The monoisotopic (exact) mass is 279 g/mol. The van der Waals surface area contributed by atoms with Gasteiger partial charge in [0, 0.05) is 0 Å². The van der Waals surface area contributed by atoms with E-state index in [2.05, 4.69) is 25.9 Å². The third kappa shape index (κ3) is 2.49. The molecular weight excluding hydrogens is 270 g/mol. The van der Waals surface area contributed by atoms with E-state index in [1.54, 1.807) is 6.20 Å². The number of aromatic nitrogens is 2. The summed E-state index contributed by atoms with van der Waals surface area (Å²) in [5, 5.41) is 0. The normalized spacial score (nSPS) is 10.1. The van der Waals surface area contributed by atoms with E-state index in [1.165, 1.54) is 5.56 Å². The molecule has 0 spiro atoms. The van der Waals surface area contributed by atoms with E-state index < -0.39 is 0 Å². The van der Waals surface area contributed by atoms with E-state index in [1.807, 2.05) is 31.2 Å². The minimum atomic E-state index is 0.185. The van der Waals surface area contributed by atoms with Gasteiger partial charge in [-0.25, -0.2) is 4.98 Å². The Morgan fingerprint density at radius 1 is 1.25 bits per heavy atom. The lowest BCUT2D eigenvalue weighted by atomic mass is 10.2. The Balaban J connectivity index is 2.26. The van der Waals surface area contributed by atoms with Crippen molar-refractivity contribution in [1.29, 1.82) is 0 Å². The number of ether oxygens (including phenoxy) is 1. The van der Waals surface area contributed by atoms with Crippen molar-refractivity contribution in [3.05, 3.63) is 40.5 Å². The van der Waals surface area contributed by atoms with Crippen LogP contribution >= 0.6 is 15.9 Å². The van der Waals surface area contributed by atoms with Crippen molar-refractivity contribution in [2.45, 2.75) is 6.92 Å². The lowest BCUT2D eigenvalue weighted by Gasteiger charge is -2.06. The first-order valence-corrected chi connectivity index (χ1v) is 5.47. The van der Waals surface area contributed by atoms with Crippen LogP contribution in [0.3, 0.4) is 0 Å². The van der Waals surface area contributed by atoms with Crippen LogP contribution in [-0.2, 0) is 0 Å². The van der Waals surface area contributed by atoms with Gasteiger partial charge in [-0.15, -0.1) is 0 Å². The third-order valence-corrected chi connectivity index (χ3v) is 2.51. The second kappa shape index (κ2) is 4.49. The average molecular weight is 280 g/mol. The van der Waals surface area contributed by atoms with Gasteiger partial charge in [0.05, 0.1) is 10.7 Å². The molecule has 0 saturated carbocycles. The van der Waals surface area contributed by atoms with Crippen LogP contribution in [-0.4, -0.2) is 9.97 Å². The maximum atomic E-state index is 5.57. The van der Waals surface area contributed by atoms with Crippen molar-refractivity contribution in [2.75, 3.05) is 5.73 Å². The number of hydrogen-bond acceptors (Lipinski definition) is 4. The molecule has 16 heavy (non-hydrogen) atoms. The minimum Gasteiger partial charge on any atom is -0.438 e. The second-order valence-corrected chi connectivity index (χ2v) is 4.15. The minimum absolute atomic E-state index is 0.185. The summed E-state index contributed by atoms with van der Waals surface area (Å²) in [5.74, 6) is 1.31. The summed E-state index contributed by atoms with van der Waals surface area (Å²) in [5.41, 5.74) is 6.66. The zero-order valence-corrected chi connectivity index (χ0v) is 10.2. The van der Waals surface area contributed by atoms with Gasteiger partial charge in [-0.05, 0) is 35.0 Å². The highest BCUT2D eigenvalue weighted by Crippen LogP contribution is 2.27. The second-order valence-electron chi connectivity index (χ2n) is 3.30. The molecule has 0 fully saturated rings. The number of rotatable bonds is 2. The van der Waals surface area contributed by atoms with Gasteiger partial charge in [-0.1, -0.05) is 17.7 Å². The molecule has 0 unspecified atom stereocenters. The molecule has 0 aliphatic heterocycles. The largest absolute Gasteiger partial charge is 0.438 e. The summed E-state index contributed by atoms with van der Waals surface area (Å²) >= 11 is 3.30. The van der Waals surface area contributed by atoms with Crippen LogP contribution in [0.4, 0.5) is 5.95 Å². The summed E-state index contributed by atoms with van der Waals surface area (Å²) in [7, 11) is 0. The number of halogens is 1. The van der Waals surface area contributed by atoms with Gasteiger partial charge in [0.1, 0.15) is 5.75 Å². The fraction of sp³-hybridized carbons (Fsp3) is 0.0909. The van der Waals surface area contributed by atoms with Crippen molar-refractivity contribution < 1.29 is 4.74 Å². The molecular formula is C11H10BrN3O. The molecule has 1 aromatic heterocycles. The number of nitrogens with zero attached hydrogens (tertiary/aromatic N) is 2. The Morgan fingerprint density at radius 3 is 2.62 bits per heavy atom. The van der Waals surface area contributed by atoms with Gasteiger partial charge in [-0.2, -0.15) is 4.98 Å². The number of hydrogen-bond donors (Lipinski definition) is 1. The highest BCUT2D eigenvalue weighted by molar-refractivity contribution is 9.10. The SMILES string of the molecule is Cc1ccc(Oc2nc(N)ncc2Br)cc1. The van der Waals surface area contributed by atoms with Crippen LogP contribution in [0.5, 0.6) is 11.6 Å². The first kappa shape index (κ1) is 10.9. The van der Waals surface area contributed by atoms with Gasteiger partial charge in [0.15, 0.2) is 0 Å². The molecule has 0 radical (unpaired) electrons. The van der Waals surface area contributed by atoms with Crippen molar-refractivity contribution >= 4 is 21.9 Å². The van der Waals surface area contributed by atoms with E-state index in [9.17, 15) is 0 Å². The fourth-order valence-corrected chi connectivity index (χ4v) is 1.43. The summed E-state index contributed by atoms with van der Waals surface area (Å²) < 4.78 is 6.24. The lowest BCUT2D eigenvalue weighted by Crippen LogP contribution is -1.97. The molecule has 0 amide bonds. The first-order chi connectivity index (χ1) is 7.65. The Hall–Kier alpha value is -1.62. The maximum absolute atomic E-state index is 5.57. The summed E-state index contributed by atoms with van der Waals surface area (Å²) in [6.07, 6.45) is 1.56. The molecule has 4 nitrogen and oxygen atoms in total. The van der Waals surface area contributed by atoms with E-state index in [4.69, 9.17) is 10.5 Å². The van der Waals surface area contributed by atoms with Gasteiger partial charge < -0.3 is 10.5 Å². The number of anilines is 1. The molecule has 0 bridgehead atoms. The third-order valence-electron chi connectivity index (χ3n) is 1.97. The van der Waals surface area contributed by atoms with Gasteiger partial charge in [-0.3, -0.25) is 0 Å². The molecule has 2 N–H and O–H groups in total. The van der Waals surface area contributed by atoms with Crippen LogP contribution in [0.1, 0.15) is 5.56 Å². The molecule has 82 valence electrons. The van der Waals surface area contributed by atoms with Crippen molar-refractivity contribution in [2.24, 2.45) is 0 Å². The van der Waals surface area contributed by atoms with Crippen molar-refractivity contribution in [3.8, 4) is 11.6 Å². The van der Waals surface area contributed by atoms with Crippen LogP contribution in [0.15, 0.2) is 34.9 Å².